The zero-order valence-corrected chi connectivity index (χ0v) is 22.1. The lowest BCUT2D eigenvalue weighted by Gasteiger charge is -2.30. The monoisotopic (exact) mass is 565 g/mol. The van der Waals surface area contributed by atoms with Crippen molar-refractivity contribution in [2.45, 2.75) is 29.4 Å². The Morgan fingerprint density at radius 3 is 2.48 bits per heavy atom. The maximum Gasteiger partial charge on any atom is 0.275 e. The third-order valence-corrected chi connectivity index (χ3v) is 8.09. The molecule has 0 aromatic heterocycles. The Hall–Kier alpha value is -4.42. The highest BCUT2D eigenvalue weighted by Crippen LogP contribution is 2.45. The summed E-state index contributed by atoms with van der Waals surface area (Å²) in [6.45, 7) is 0.317. The molecule has 0 fully saturated rings. The number of carbonyl (C=O) groups excluding carboxylic acids is 1. The summed E-state index contributed by atoms with van der Waals surface area (Å²) >= 11 is 0. The van der Waals surface area contributed by atoms with Crippen LogP contribution in [0.15, 0.2) is 93.9 Å². The van der Waals surface area contributed by atoms with E-state index in [1.165, 1.54) is 18.2 Å². The van der Waals surface area contributed by atoms with Gasteiger partial charge in [-0.15, -0.1) is 0 Å². The van der Waals surface area contributed by atoms with Crippen LogP contribution in [-0.2, 0) is 19.4 Å². The molecule has 0 bridgehead atoms. The van der Waals surface area contributed by atoms with Crippen molar-refractivity contribution in [3.8, 4) is 5.75 Å². The summed E-state index contributed by atoms with van der Waals surface area (Å²) in [6, 6.07) is 20.8. The topological polar surface area (TPSA) is 183 Å². The van der Waals surface area contributed by atoms with Gasteiger partial charge in [0.15, 0.2) is 21.5 Å². The standard InChI is InChI=1S/C27H27N5O7S/c28-32-30-23-10-5-4-9-22(23)24-27(26(34)31-35,15-18-40(36,37)21-7-2-1-3-8-21)29-25(39-24)19-11-13-20(14-12-19)38-17-6-16-33/h1-5,7-14,24,33,35H,6,15-18H2,(H,31,34)/t24-,27-/m0/s1. The number of nitrogens with zero attached hydrogens (tertiary/aromatic N) is 4. The summed E-state index contributed by atoms with van der Waals surface area (Å²) in [5, 5.41) is 22.4. The van der Waals surface area contributed by atoms with Crippen LogP contribution in [0.5, 0.6) is 5.75 Å². The number of rotatable bonds is 12. The molecule has 2 atom stereocenters. The molecule has 1 aliphatic heterocycles. The van der Waals surface area contributed by atoms with E-state index in [1.54, 1.807) is 66.1 Å². The predicted octanol–water partition coefficient (Wildman–Crippen LogP) is 4.02. The number of hydrogen-bond acceptors (Lipinski definition) is 9. The fourth-order valence-electron chi connectivity index (χ4n) is 4.33. The highest BCUT2D eigenvalue weighted by Gasteiger charge is 2.54. The Labute approximate surface area is 230 Å². The normalized spacial score (nSPS) is 18.2. The minimum Gasteiger partial charge on any atom is -0.494 e. The van der Waals surface area contributed by atoms with Crippen molar-refractivity contribution in [2.24, 2.45) is 10.1 Å². The third kappa shape index (κ3) is 6.08. The molecule has 0 aliphatic carbocycles. The van der Waals surface area contributed by atoms with Crippen LogP contribution in [-0.4, -0.2) is 55.0 Å². The predicted molar refractivity (Wildman–Crippen MR) is 145 cm³/mol. The molecule has 208 valence electrons. The maximum atomic E-state index is 13.3. The van der Waals surface area contributed by atoms with Gasteiger partial charge in [-0.25, -0.2) is 18.9 Å². The van der Waals surface area contributed by atoms with E-state index in [2.05, 4.69) is 15.0 Å². The second kappa shape index (κ2) is 12.6. The number of sulfone groups is 1. The van der Waals surface area contributed by atoms with E-state index in [1.807, 2.05) is 0 Å². The third-order valence-electron chi connectivity index (χ3n) is 6.36. The van der Waals surface area contributed by atoms with Crippen LogP contribution in [0.2, 0.25) is 0 Å². The van der Waals surface area contributed by atoms with Crippen molar-refractivity contribution >= 4 is 27.3 Å². The fraction of sp³-hybridized carbons (Fsp3) is 0.259. The highest BCUT2D eigenvalue weighted by atomic mass is 32.2. The van der Waals surface area contributed by atoms with Crippen molar-refractivity contribution < 1.29 is 33.0 Å². The number of amides is 1. The molecule has 0 unspecified atom stereocenters. The fourth-order valence-corrected chi connectivity index (χ4v) is 5.72. The first-order valence-electron chi connectivity index (χ1n) is 12.3. The van der Waals surface area contributed by atoms with E-state index in [4.69, 9.17) is 20.1 Å². The lowest BCUT2D eigenvalue weighted by atomic mass is 9.84. The molecule has 13 heteroatoms. The molecular weight excluding hydrogens is 538 g/mol. The van der Waals surface area contributed by atoms with Gasteiger partial charge in [0.05, 0.1) is 17.3 Å². The Kier molecular flexibility index (Phi) is 9.02. The van der Waals surface area contributed by atoms with Crippen molar-refractivity contribution in [3.05, 3.63) is 100 Å². The number of aliphatic imine (C=N–C) groups is 1. The van der Waals surface area contributed by atoms with Gasteiger partial charge in [-0.1, -0.05) is 47.6 Å². The molecule has 1 aliphatic rings. The van der Waals surface area contributed by atoms with Crippen molar-refractivity contribution in [3.63, 3.8) is 0 Å². The number of benzene rings is 3. The number of aliphatic hydroxyl groups is 1. The van der Waals surface area contributed by atoms with Crippen molar-refractivity contribution in [2.75, 3.05) is 19.0 Å². The SMILES string of the molecule is [N-]=[N+]=Nc1ccccc1[C@@H]1OC(c2ccc(OCCCO)cc2)=N[C@]1(CCS(=O)(=O)c1ccccc1)C(=O)NO. The molecule has 0 spiro atoms. The molecule has 0 radical (unpaired) electrons. The number of azide groups is 1. The summed E-state index contributed by atoms with van der Waals surface area (Å²) in [4.78, 5) is 20.8. The Morgan fingerprint density at radius 1 is 1.10 bits per heavy atom. The largest absolute Gasteiger partial charge is 0.494 e. The Balaban J connectivity index is 1.78. The number of nitrogens with one attached hydrogen (secondary N) is 1. The smallest absolute Gasteiger partial charge is 0.275 e. The lowest BCUT2D eigenvalue weighted by Crippen LogP contribution is -2.48. The van der Waals surface area contributed by atoms with Crippen molar-refractivity contribution in [1.82, 2.24) is 5.48 Å². The maximum absolute atomic E-state index is 13.3. The summed E-state index contributed by atoms with van der Waals surface area (Å²) in [5.74, 6) is -0.934. The molecule has 3 aromatic carbocycles. The van der Waals surface area contributed by atoms with E-state index in [0.717, 1.165) is 0 Å². The van der Waals surface area contributed by atoms with Crippen LogP contribution in [0.3, 0.4) is 0 Å². The van der Waals surface area contributed by atoms with E-state index in [9.17, 15) is 18.4 Å². The molecule has 0 saturated carbocycles. The molecule has 40 heavy (non-hydrogen) atoms. The lowest BCUT2D eigenvalue weighted by molar-refractivity contribution is -0.137. The Bertz CT molecular complexity index is 1520. The molecule has 12 nitrogen and oxygen atoms in total. The van der Waals surface area contributed by atoms with Crippen LogP contribution in [0.25, 0.3) is 10.4 Å². The molecule has 3 N–H and O–H groups in total. The second-order valence-electron chi connectivity index (χ2n) is 8.86. The molecule has 1 heterocycles. The van der Waals surface area contributed by atoms with Gasteiger partial charge in [0.2, 0.25) is 5.90 Å². The Morgan fingerprint density at radius 2 is 1.80 bits per heavy atom. The molecular formula is C27H27N5O7S. The summed E-state index contributed by atoms with van der Waals surface area (Å²) in [7, 11) is -3.86. The average Bonchev–Trinajstić information content (AvgIpc) is 3.38. The molecule has 0 saturated heterocycles. The summed E-state index contributed by atoms with van der Waals surface area (Å²) in [5.41, 5.74) is 9.68. The van der Waals surface area contributed by atoms with Gasteiger partial charge in [-0.3, -0.25) is 10.0 Å². The average molecular weight is 566 g/mol. The molecule has 4 rings (SSSR count). The van der Waals surface area contributed by atoms with Crippen LogP contribution >= 0.6 is 0 Å². The second-order valence-corrected chi connectivity index (χ2v) is 11.0. The van der Waals surface area contributed by atoms with Gasteiger partial charge in [0.1, 0.15) is 5.75 Å². The van der Waals surface area contributed by atoms with Gasteiger partial charge >= 0.3 is 0 Å². The first kappa shape index (κ1) is 28.6. The minimum absolute atomic E-state index is 0.00354. The quantitative estimate of drug-likeness (QED) is 0.0739. The first-order valence-corrected chi connectivity index (χ1v) is 14.0. The van der Waals surface area contributed by atoms with E-state index < -0.39 is 33.1 Å². The highest BCUT2D eigenvalue weighted by molar-refractivity contribution is 7.91. The molecule has 3 aromatic rings. The number of hydrogen-bond donors (Lipinski definition) is 3. The van der Waals surface area contributed by atoms with Gasteiger partial charge in [0.25, 0.3) is 5.91 Å². The summed E-state index contributed by atoms with van der Waals surface area (Å²) < 4.78 is 38.1. The van der Waals surface area contributed by atoms with Crippen LogP contribution in [0, 0.1) is 0 Å². The van der Waals surface area contributed by atoms with Crippen LogP contribution < -0.4 is 10.2 Å². The zero-order chi connectivity index (χ0) is 28.6. The van der Waals surface area contributed by atoms with E-state index in [-0.39, 0.29) is 35.1 Å². The van der Waals surface area contributed by atoms with E-state index in [0.29, 0.717) is 24.3 Å². The van der Waals surface area contributed by atoms with Gasteiger partial charge < -0.3 is 14.6 Å². The van der Waals surface area contributed by atoms with Gasteiger partial charge in [-0.05, 0) is 41.9 Å². The number of ether oxygens (including phenoxy) is 2. The van der Waals surface area contributed by atoms with Crippen LogP contribution in [0.1, 0.15) is 30.1 Å². The summed E-state index contributed by atoms with van der Waals surface area (Å²) in [6.07, 6.45) is -1.14. The van der Waals surface area contributed by atoms with E-state index >= 15 is 0 Å². The van der Waals surface area contributed by atoms with Crippen molar-refractivity contribution in [1.29, 1.82) is 0 Å². The van der Waals surface area contributed by atoms with Crippen LogP contribution in [0.4, 0.5) is 5.69 Å². The molecule has 1 amide bonds. The van der Waals surface area contributed by atoms with Gasteiger partial charge in [0, 0.05) is 41.2 Å². The van der Waals surface area contributed by atoms with Gasteiger partial charge in [-0.2, -0.15) is 0 Å². The number of aliphatic hydroxyl groups excluding tert-OH is 1. The first-order chi connectivity index (χ1) is 19.3. The number of hydroxylamine groups is 1. The minimum atomic E-state index is -3.86. The number of carbonyl (C=O) groups is 1. The zero-order valence-electron chi connectivity index (χ0n) is 21.3.